The summed E-state index contributed by atoms with van der Waals surface area (Å²) in [5.41, 5.74) is 1.65. The minimum Gasteiger partial charge on any atom is -0.365 e. The van der Waals surface area contributed by atoms with E-state index in [0.29, 0.717) is 6.61 Å². The SMILES string of the molecule is F[C@@H]1[C@H](OCc2ccccc2)[C@@H](OC23CC4CC(CC(C4)C2)C3)O[C@@H]2CO[C@@H](c3ccccc3)O[C@@H]12. The summed E-state index contributed by atoms with van der Waals surface area (Å²) < 4.78 is 48.0. The first-order valence-corrected chi connectivity index (χ1v) is 13.6. The molecule has 0 amide bonds. The second kappa shape index (κ2) is 9.48. The molecule has 6 heteroatoms. The predicted octanol–water partition coefficient (Wildman–Crippen LogP) is 5.73. The van der Waals surface area contributed by atoms with E-state index in [4.69, 9.17) is 23.7 Å². The highest BCUT2D eigenvalue weighted by Gasteiger charge is 2.57. The fourth-order valence-electron chi connectivity index (χ4n) is 7.77. The fourth-order valence-corrected chi connectivity index (χ4v) is 7.77. The van der Waals surface area contributed by atoms with Crippen molar-refractivity contribution in [2.75, 3.05) is 6.61 Å². The molecule has 6 aliphatic rings. The molecule has 36 heavy (non-hydrogen) atoms. The third kappa shape index (κ3) is 4.41. The van der Waals surface area contributed by atoms with Gasteiger partial charge in [0.2, 0.25) is 0 Å². The lowest BCUT2D eigenvalue weighted by atomic mass is 9.54. The molecule has 0 aromatic heterocycles. The van der Waals surface area contributed by atoms with Crippen molar-refractivity contribution in [3.63, 3.8) is 0 Å². The molecular formula is C30H35FO5. The Hall–Kier alpha value is -1.83. The van der Waals surface area contributed by atoms with Gasteiger partial charge in [0.05, 0.1) is 18.8 Å². The summed E-state index contributed by atoms with van der Waals surface area (Å²) in [7, 11) is 0. The van der Waals surface area contributed by atoms with Gasteiger partial charge in [0, 0.05) is 5.56 Å². The molecule has 6 atom stereocenters. The number of fused-ring (bicyclic) bond motifs is 1. The van der Waals surface area contributed by atoms with Crippen LogP contribution in [0.1, 0.15) is 55.9 Å². The number of ether oxygens (including phenoxy) is 5. The lowest BCUT2D eigenvalue weighted by Crippen LogP contribution is -2.64. The van der Waals surface area contributed by atoms with Crippen molar-refractivity contribution in [1.82, 2.24) is 0 Å². The monoisotopic (exact) mass is 494 g/mol. The van der Waals surface area contributed by atoms with Gasteiger partial charge in [-0.3, -0.25) is 0 Å². The molecule has 4 saturated carbocycles. The Morgan fingerprint density at radius 2 is 1.47 bits per heavy atom. The zero-order valence-corrected chi connectivity index (χ0v) is 20.5. The average Bonchev–Trinajstić information content (AvgIpc) is 2.88. The van der Waals surface area contributed by atoms with Gasteiger partial charge in [-0.15, -0.1) is 0 Å². The van der Waals surface area contributed by atoms with Crippen LogP contribution in [0.4, 0.5) is 4.39 Å². The third-order valence-electron chi connectivity index (χ3n) is 8.97. The van der Waals surface area contributed by atoms with Crippen molar-refractivity contribution in [3.8, 4) is 0 Å². The molecule has 0 N–H and O–H groups in total. The van der Waals surface area contributed by atoms with Gasteiger partial charge in [-0.1, -0.05) is 60.7 Å². The second-order valence-corrected chi connectivity index (χ2v) is 11.6. The Kier molecular flexibility index (Phi) is 6.14. The van der Waals surface area contributed by atoms with Gasteiger partial charge < -0.3 is 23.7 Å². The number of hydrogen-bond acceptors (Lipinski definition) is 5. The van der Waals surface area contributed by atoms with Gasteiger partial charge in [-0.05, 0) is 61.8 Å². The van der Waals surface area contributed by atoms with Crippen LogP contribution in [0.25, 0.3) is 0 Å². The summed E-state index contributed by atoms with van der Waals surface area (Å²) in [5, 5.41) is 0. The van der Waals surface area contributed by atoms with Crippen LogP contribution in [0.15, 0.2) is 60.7 Å². The lowest BCUT2D eigenvalue weighted by Gasteiger charge is -2.58. The second-order valence-electron chi connectivity index (χ2n) is 11.6. The Labute approximate surface area is 212 Å². The Morgan fingerprint density at radius 3 is 2.14 bits per heavy atom. The zero-order valence-electron chi connectivity index (χ0n) is 20.5. The predicted molar refractivity (Wildman–Crippen MR) is 131 cm³/mol. The van der Waals surface area contributed by atoms with E-state index in [9.17, 15) is 0 Å². The molecule has 8 rings (SSSR count). The molecule has 0 radical (unpaired) electrons. The normalized spacial score (nSPS) is 43.3. The van der Waals surface area contributed by atoms with Crippen LogP contribution < -0.4 is 0 Å². The van der Waals surface area contributed by atoms with Crippen molar-refractivity contribution >= 4 is 0 Å². The minimum atomic E-state index is -1.39. The zero-order chi connectivity index (χ0) is 24.1. The molecule has 2 aliphatic heterocycles. The quantitative estimate of drug-likeness (QED) is 0.513. The van der Waals surface area contributed by atoms with E-state index < -0.39 is 37.1 Å². The van der Waals surface area contributed by atoms with E-state index in [1.807, 2.05) is 60.7 Å². The van der Waals surface area contributed by atoms with Crippen molar-refractivity contribution in [2.45, 2.75) is 87.8 Å². The molecule has 2 aromatic rings. The number of alkyl halides is 1. The number of benzene rings is 2. The highest BCUT2D eigenvalue weighted by atomic mass is 19.1. The van der Waals surface area contributed by atoms with Gasteiger partial charge >= 0.3 is 0 Å². The molecule has 2 aromatic carbocycles. The minimum absolute atomic E-state index is 0.219. The largest absolute Gasteiger partial charge is 0.365 e. The summed E-state index contributed by atoms with van der Waals surface area (Å²) in [6, 6.07) is 19.6. The van der Waals surface area contributed by atoms with Gasteiger partial charge in [-0.2, -0.15) is 0 Å². The van der Waals surface area contributed by atoms with Crippen LogP contribution in [0.2, 0.25) is 0 Å². The van der Waals surface area contributed by atoms with E-state index in [2.05, 4.69) is 0 Å². The maximum atomic E-state index is 16.3. The van der Waals surface area contributed by atoms with Crippen LogP contribution in [0, 0.1) is 17.8 Å². The van der Waals surface area contributed by atoms with E-state index in [0.717, 1.165) is 48.1 Å². The molecule has 192 valence electrons. The summed E-state index contributed by atoms with van der Waals surface area (Å²) >= 11 is 0. The molecule has 0 unspecified atom stereocenters. The standard InChI is InChI=1S/C30H35FO5/c31-25-26-24(18-33-28(35-26)23-9-5-2-6-10-23)34-29(27(25)32-17-19-7-3-1-4-8-19)36-30-14-20-11-21(15-30)13-22(12-20)16-30/h1-10,20-22,24-29H,11-18H2/t20?,21?,22?,24-,25+,26-,27+,28-,29-,30?/m1/s1. The third-order valence-corrected chi connectivity index (χ3v) is 8.97. The maximum Gasteiger partial charge on any atom is 0.187 e. The number of hydrogen-bond donors (Lipinski definition) is 0. The van der Waals surface area contributed by atoms with Gasteiger partial charge in [0.15, 0.2) is 18.8 Å². The van der Waals surface area contributed by atoms with E-state index in [1.165, 1.54) is 19.3 Å². The van der Waals surface area contributed by atoms with Gasteiger partial charge in [-0.25, -0.2) is 4.39 Å². The molecular weight excluding hydrogens is 459 g/mol. The average molecular weight is 495 g/mol. The van der Waals surface area contributed by atoms with Crippen LogP contribution in [0.3, 0.4) is 0 Å². The molecule has 0 spiro atoms. The van der Waals surface area contributed by atoms with E-state index in [-0.39, 0.29) is 12.2 Å². The molecule has 6 fully saturated rings. The molecule has 2 heterocycles. The fraction of sp³-hybridized carbons (Fsp3) is 0.600. The van der Waals surface area contributed by atoms with Crippen LogP contribution in [-0.4, -0.2) is 43.0 Å². The Morgan fingerprint density at radius 1 is 0.833 bits per heavy atom. The number of rotatable bonds is 6. The molecule has 4 aliphatic carbocycles. The summed E-state index contributed by atoms with van der Waals surface area (Å²) in [6.07, 6.45) is 2.16. The van der Waals surface area contributed by atoms with E-state index >= 15 is 4.39 Å². The van der Waals surface area contributed by atoms with Crippen LogP contribution in [-0.2, 0) is 30.3 Å². The summed E-state index contributed by atoms with van der Waals surface area (Å²) in [5.74, 6) is 2.18. The van der Waals surface area contributed by atoms with E-state index in [1.54, 1.807) is 0 Å². The smallest absolute Gasteiger partial charge is 0.187 e. The molecule has 2 saturated heterocycles. The van der Waals surface area contributed by atoms with Gasteiger partial charge in [0.25, 0.3) is 0 Å². The topological polar surface area (TPSA) is 46.2 Å². The van der Waals surface area contributed by atoms with Crippen LogP contribution in [0.5, 0.6) is 0 Å². The number of halogens is 1. The van der Waals surface area contributed by atoms with Crippen LogP contribution >= 0.6 is 0 Å². The first kappa shape index (κ1) is 23.3. The Bertz CT molecular complexity index is 997. The summed E-state index contributed by atoms with van der Waals surface area (Å²) in [4.78, 5) is 0. The van der Waals surface area contributed by atoms with Crippen molar-refractivity contribution in [3.05, 3.63) is 71.8 Å². The highest BCUT2D eigenvalue weighted by Crippen LogP contribution is 2.58. The van der Waals surface area contributed by atoms with Crippen molar-refractivity contribution < 1.29 is 28.1 Å². The maximum absolute atomic E-state index is 16.3. The molecule has 5 nitrogen and oxygen atoms in total. The van der Waals surface area contributed by atoms with Crippen molar-refractivity contribution in [2.24, 2.45) is 17.8 Å². The first-order valence-electron chi connectivity index (χ1n) is 13.6. The van der Waals surface area contributed by atoms with Gasteiger partial charge in [0.1, 0.15) is 18.3 Å². The van der Waals surface area contributed by atoms with Crippen molar-refractivity contribution in [1.29, 1.82) is 0 Å². The Balaban J connectivity index is 1.12. The highest BCUT2D eigenvalue weighted by molar-refractivity contribution is 5.17. The first-order chi connectivity index (χ1) is 17.6. The summed E-state index contributed by atoms with van der Waals surface area (Å²) in [6.45, 7) is 0.558. The molecule has 4 bridgehead atoms. The lowest BCUT2D eigenvalue weighted by molar-refractivity contribution is -0.379.